The molecule has 0 unspecified atom stereocenters. The Labute approximate surface area is 129 Å². The number of fused-ring (bicyclic) bond motifs is 1. The Kier molecular flexibility index (Phi) is 4.23. The fraction of sp³-hybridized carbons (Fsp3) is 0.353. The molecule has 2 heterocycles. The highest BCUT2D eigenvalue weighted by Crippen LogP contribution is 2.36. The van der Waals surface area contributed by atoms with Crippen LogP contribution in [-0.4, -0.2) is 18.0 Å². The molecule has 0 radical (unpaired) electrons. The molecule has 0 saturated heterocycles. The summed E-state index contributed by atoms with van der Waals surface area (Å²) >= 11 is 1.75. The minimum Gasteiger partial charge on any atom is -0.376 e. The van der Waals surface area contributed by atoms with E-state index >= 15 is 0 Å². The van der Waals surface area contributed by atoms with Crippen LogP contribution < -0.4 is 5.32 Å². The molecule has 1 N–H and O–H groups in total. The number of nitrogens with zero attached hydrogens (tertiary/aromatic N) is 2. The summed E-state index contributed by atoms with van der Waals surface area (Å²) in [6, 6.07) is 13.0. The Morgan fingerprint density at radius 2 is 2.14 bits per heavy atom. The lowest BCUT2D eigenvalue weighted by molar-refractivity contribution is 0.249. The van der Waals surface area contributed by atoms with E-state index in [2.05, 4.69) is 53.5 Å². The SMILES string of the molecule is CCNc1sc2c(c1C#N)CCN(Cc1ccccc1)C2. The van der Waals surface area contributed by atoms with E-state index in [4.69, 9.17) is 0 Å². The maximum Gasteiger partial charge on any atom is 0.107 e. The molecule has 0 fully saturated rings. The Hall–Kier alpha value is -1.83. The molecular weight excluding hydrogens is 278 g/mol. The number of thiophene rings is 1. The first-order chi connectivity index (χ1) is 10.3. The van der Waals surface area contributed by atoms with Crippen molar-refractivity contribution in [2.75, 3.05) is 18.4 Å². The summed E-state index contributed by atoms with van der Waals surface area (Å²) in [5, 5.41) is 13.8. The number of rotatable bonds is 4. The van der Waals surface area contributed by atoms with Gasteiger partial charge in [-0.15, -0.1) is 11.3 Å². The highest BCUT2D eigenvalue weighted by molar-refractivity contribution is 7.16. The lowest BCUT2D eigenvalue weighted by Gasteiger charge is -2.26. The second kappa shape index (κ2) is 6.30. The van der Waals surface area contributed by atoms with Crippen molar-refractivity contribution < 1.29 is 0 Å². The van der Waals surface area contributed by atoms with Crippen LogP contribution in [-0.2, 0) is 19.5 Å². The molecule has 0 amide bonds. The molecule has 0 bridgehead atoms. The first kappa shape index (κ1) is 14.1. The van der Waals surface area contributed by atoms with Crippen LogP contribution in [0.4, 0.5) is 5.00 Å². The van der Waals surface area contributed by atoms with Gasteiger partial charge in [0.1, 0.15) is 11.1 Å². The van der Waals surface area contributed by atoms with Gasteiger partial charge in [-0.2, -0.15) is 5.26 Å². The number of hydrogen-bond donors (Lipinski definition) is 1. The van der Waals surface area contributed by atoms with E-state index in [0.717, 1.165) is 43.2 Å². The second-order valence-corrected chi connectivity index (χ2v) is 6.40. The van der Waals surface area contributed by atoms with Crippen LogP contribution in [0.3, 0.4) is 0 Å². The lowest BCUT2D eigenvalue weighted by Crippen LogP contribution is -2.29. The van der Waals surface area contributed by atoms with E-state index in [9.17, 15) is 5.26 Å². The molecule has 0 spiro atoms. The maximum atomic E-state index is 9.39. The number of anilines is 1. The van der Waals surface area contributed by atoms with Crippen molar-refractivity contribution >= 4 is 16.3 Å². The van der Waals surface area contributed by atoms with Gasteiger partial charge in [-0.25, -0.2) is 0 Å². The lowest BCUT2D eigenvalue weighted by atomic mass is 10.0. The van der Waals surface area contributed by atoms with E-state index in [-0.39, 0.29) is 0 Å². The molecule has 21 heavy (non-hydrogen) atoms. The third-order valence-electron chi connectivity index (χ3n) is 3.83. The first-order valence-corrected chi connectivity index (χ1v) is 8.18. The molecule has 3 nitrogen and oxygen atoms in total. The van der Waals surface area contributed by atoms with Gasteiger partial charge in [0, 0.05) is 31.1 Å². The van der Waals surface area contributed by atoms with Gasteiger partial charge in [0.05, 0.1) is 5.56 Å². The Morgan fingerprint density at radius 3 is 2.86 bits per heavy atom. The van der Waals surface area contributed by atoms with Crippen molar-refractivity contribution in [3.63, 3.8) is 0 Å². The van der Waals surface area contributed by atoms with E-state index in [1.807, 2.05) is 0 Å². The predicted octanol–water partition coefficient (Wildman–Crippen LogP) is 3.61. The molecule has 0 saturated carbocycles. The Morgan fingerprint density at radius 1 is 1.33 bits per heavy atom. The summed E-state index contributed by atoms with van der Waals surface area (Å²) in [5.74, 6) is 0. The number of benzene rings is 1. The molecular formula is C17H19N3S. The van der Waals surface area contributed by atoms with Crippen LogP contribution in [0, 0.1) is 11.3 Å². The Bertz CT molecular complexity index is 655. The van der Waals surface area contributed by atoms with Crippen molar-refractivity contribution in [3.8, 4) is 6.07 Å². The Balaban J connectivity index is 1.78. The van der Waals surface area contributed by atoms with Gasteiger partial charge in [0.15, 0.2) is 0 Å². The maximum absolute atomic E-state index is 9.39. The molecule has 1 aliphatic rings. The van der Waals surface area contributed by atoms with Crippen LogP contribution in [0.5, 0.6) is 0 Å². The molecule has 0 atom stereocenters. The normalized spacial score (nSPS) is 14.5. The number of hydrogen-bond acceptors (Lipinski definition) is 4. The van der Waals surface area contributed by atoms with Gasteiger partial charge < -0.3 is 5.32 Å². The summed E-state index contributed by atoms with van der Waals surface area (Å²) in [6.07, 6.45) is 0.979. The number of nitriles is 1. The molecule has 1 aromatic carbocycles. The largest absolute Gasteiger partial charge is 0.376 e. The monoisotopic (exact) mass is 297 g/mol. The zero-order valence-electron chi connectivity index (χ0n) is 12.2. The topological polar surface area (TPSA) is 39.1 Å². The van der Waals surface area contributed by atoms with Crippen molar-refractivity contribution in [1.29, 1.82) is 5.26 Å². The zero-order valence-corrected chi connectivity index (χ0v) is 13.0. The quantitative estimate of drug-likeness (QED) is 0.937. The smallest absolute Gasteiger partial charge is 0.107 e. The average molecular weight is 297 g/mol. The predicted molar refractivity (Wildman–Crippen MR) is 87.5 cm³/mol. The molecule has 108 valence electrons. The fourth-order valence-corrected chi connectivity index (χ4v) is 4.14. The van der Waals surface area contributed by atoms with Gasteiger partial charge in [-0.3, -0.25) is 4.90 Å². The summed E-state index contributed by atoms with van der Waals surface area (Å²) in [7, 11) is 0. The van der Waals surface area contributed by atoms with Crippen LogP contribution in [0.25, 0.3) is 0 Å². The summed E-state index contributed by atoms with van der Waals surface area (Å²) in [6.45, 7) is 5.90. The van der Waals surface area contributed by atoms with E-state index < -0.39 is 0 Å². The van der Waals surface area contributed by atoms with E-state index in [1.165, 1.54) is 16.0 Å². The summed E-state index contributed by atoms with van der Waals surface area (Å²) in [5.41, 5.74) is 3.49. The zero-order chi connectivity index (χ0) is 14.7. The third-order valence-corrected chi connectivity index (χ3v) is 5.01. The minimum absolute atomic E-state index is 0.863. The van der Waals surface area contributed by atoms with Gasteiger partial charge in [0.25, 0.3) is 0 Å². The molecule has 1 aromatic heterocycles. The van der Waals surface area contributed by atoms with Crippen LogP contribution in [0.1, 0.15) is 28.5 Å². The molecule has 3 rings (SSSR count). The number of nitrogens with one attached hydrogen (secondary N) is 1. The minimum atomic E-state index is 0.863. The van der Waals surface area contributed by atoms with Crippen molar-refractivity contribution in [2.45, 2.75) is 26.4 Å². The second-order valence-electron chi connectivity index (χ2n) is 5.30. The van der Waals surface area contributed by atoms with Gasteiger partial charge in [-0.1, -0.05) is 30.3 Å². The highest BCUT2D eigenvalue weighted by Gasteiger charge is 2.24. The summed E-state index contributed by atoms with van der Waals surface area (Å²) in [4.78, 5) is 3.81. The van der Waals surface area contributed by atoms with E-state index in [1.54, 1.807) is 11.3 Å². The third kappa shape index (κ3) is 2.94. The van der Waals surface area contributed by atoms with Gasteiger partial charge >= 0.3 is 0 Å². The van der Waals surface area contributed by atoms with Gasteiger partial charge in [0.2, 0.25) is 0 Å². The van der Waals surface area contributed by atoms with Crippen molar-refractivity contribution in [2.24, 2.45) is 0 Å². The standard InChI is InChI=1S/C17H19N3S/c1-2-19-17-15(10-18)14-8-9-20(12-16(14)21-17)11-13-6-4-3-5-7-13/h3-7,19H,2,8-9,11-12H2,1H3. The molecule has 1 aliphatic heterocycles. The van der Waals surface area contributed by atoms with Crippen LogP contribution in [0.15, 0.2) is 30.3 Å². The van der Waals surface area contributed by atoms with Crippen LogP contribution in [0.2, 0.25) is 0 Å². The first-order valence-electron chi connectivity index (χ1n) is 7.36. The van der Waals surface area contributed by atoms with E-state index in [0.29, 0.717) is 0 Å². The summed E-state index contributed by atoms with van der Waals surface area (Å²) < 4.78 is 0. The van der Waals surface area contributed by atoms with Crippen molar-refractivity contribution in [1.82, 2.24) is 4.90 Å². The highest BCUT2D eigenvalue weighted by atomic mass is 32.1. The van der Waals surface area contributed by atoms with Crippen LogP contribution >= 0.6 is 11.3 Å². The molecule has 2 aromatic rings. The molecule has 4 heteroatoms. The molecule has 0 aliphatic carbocycles. The fourth-order valence-electron chi connectivity index (χ4n) is 2.84. The van der Waals surface area contributed by atoms with Crippen molar-refractivity contribution in [3.05, 3.63) is 51.9 Å². The average Bonchev–Trinajstić information content (AvgIpc) is 2.85. The van der Waals surface area contributed by atoms with Gasteiger partial charge in [-0.05, 0) is 24.5 Å².